The lowest BCUT2D eigenvalue weighted by atomic mass is 10.2. The van der Waals surface area contributed by atoms with Crippen LogP contribution in [-0.2, 0) is 11.3 Å². The molecule has 0 bridgehead atoms. The molecule has 0 unspecified atom stereocenters. The summed E-state index contributed by atoms with van der Waals surface area (Å²) in [6.45, 7) is 1.15. The summed E-state index contributed by atoms with van der Waals surface area (Å²) in [5.41, 5.74) is 2.70. The van der Waals surface area contributed by atoms with Crippen LogP contribution < -0.4 is 10.2 Å². The lowest BCUT2D eigenvalue weighted by molar-refractivity contribution is -0.117. The zero-order valence-corrected chi connectivity index (χ0v) is 15.9. The molecule has 1 fully saturated rings. The Morgan fingerprint density at radius 3 is 2.71 bits per heavy atom. The van der Waals surface area contributed by atoms with Gasteiger partial charge in [-0.1, -0.05) is 41.9 Å². The van der Waals surface area contributed by atoms with Gasteiger partial charge in [0.15, 0.2) is 0 Å². The first-order valence-electron chi connectivity index (χ1n) is 9.08. The van der Waals surface area contributed by atoms with Crippen molar-refractivity contribution in [2.45, 2.75) is 19.4 Å². The van der Waals surface area contributed by atoms with Crippen molar-refractivity contribution in [3.63, 3.8) is 0 Å². The maximum absolute atomic E-state index is 12.7. The molecule has 0 radical (unpaired) electrons. The first-order valence-corrected chi connectivity index (χ1v) is 9.46. The maximum atomic E-state index is 12.7. The molecule has 7 heteroatoms. The molecule has 0 saturated carbocycles. The van der Waals surface area contributed by atoms with E-state index in [-0.39, 0.29) is 11.8 Å². The number of carbonyl (C=O) groups excluding carboxylic acids is 2. The van der Waals surface area contributed by atoms with Gasteiger partial charge in [-0.25, -0.2) is 0 Å². The quantitative estimate of drug-likeness (QED) is 0.712. The molecule has 0 spiro atoms. The van der Waals surface area contributed by atoms with Crippen molar-refractivity contribution in [1.82, 2.24) is 9.78 Å². The molecule has 142 valence electrons. The second kappa shape index (κ2) is 7.86. The smallest absolute Gasteiger partial charge is 0.258 e. The van der Waals surface area contributed by atoms with Gasteiger partial charge < -0.3 is 10.2 Å². The van der Waals surface area contributed by atoms with E-state index in [1.165, 1.54) is 6.20 Å². The number of anilines is 2. The van der Waals surface area contributed by atoms with Gasteiger partial charge in [-0.15, -0.1) is 0 Å². The molecule has 3 aromatic rings. The van der Waals surface area contributed by atoms with Crippen LogP contribution in [0.15, 0.2) is 60.9 Å². The van der Waals surface area contributed by atoms with E-state index in [1.807, 2.05) is 42.5 Å². The van der Waals surface area contributed by atoms with Crippen LogP contribution in [0.2, 0.25) is 5.02 Å². The van der Waals surface area contributed by atoms with Crippen molar-refractivity contribution in [1.29, 1.82) is 0 Å². The average molecular weight is 395 g/mol. The largest absolute Gasteiger partial charge is 0.320 e. The third-order valence-electron chi connectivity index (χ3n) is 4.70. The fraction of sp³-hybridized carbons (Fsp3) is 0.190. The molecule has 2 heterocycles. The second-order valence-corrected chi connectivity index (χ2v) is 7.05. The van der Waals surface area contributed by atoms with Crippen LogP contribution in [0.4, 0.5) is 11.4 Å². The number of rotatable bonds is 5. The molecule has 2 aromatic carbocycles. The highest BCUT2D eigenvalue weighted by Gasteiger charge is 2.24. The van der Waals surface area contributed by atoms with Gasteiger partial charge in [0.1, 0.15) is 0 Å². The Morgan fingerprint density at radius 2 is 1.93 bits per heavy atom. The molecule has 2 amide bonds. The number of para-hydroxylation sites is 2. The zero-order valence-electron chi connectivity index (χ0n) is 15.1. The Hall–Kier alpha value is -3.12. The Labute approximate surface area is 167 Å². The van der Waals surface area contributed by atoms with E-state index >= 15 is 0 Å². The van der Waals surface area contributed by atoms with Gasteiger partial charge >= 0.3 is 0 Å². The topological polar surface area (TPSA) is 67.2 Å². The molecule has 4 rings (SSSR count). The van der Waals surface area contributed by atoms with Crippen LogP contribution in [0.5, 0.6) is 0 Å². The first-order chi connectivity index (χ1) is 13.6. The fourth-order valence-corrected chi connectivity index (χ4v) is 3.48. The van der Waals surface area contributed by atoms with Gasteiger partial charge in [-0.3, -0.25) is 14.3 Å². The molecule has 0 atom stereocenters. The molecule has 1 aliphatic heterocycles. The van der Waals surface area contributed by atoms with Crippen LogP contribution in [-0.4, -0.2) is 28.1 Å². The summed E-state index contributed by atoms with van der Waals surface area (Å²) in [6, 6.07) is 14.9. The summed E-state index contributed by atoms with van der Waals surface area (Å²) in [5, 5.41) is 7.82. The van der Waals surface area contributed by atoms with Crippen LogP contribution in [0.25, 0.3) is 0 Å². The molecule has 28 heavy (non-hydrogen) atoms. The van der Waals surface area contributed by atoms with E-state index in [2.05, 4.69) is 10.4 Å². The summed E-state index contributed by atoms with van der Waals surface area (Å²) in [6.07, 6.45) is 4.57. The Kier molecular flexibility index (Phi) is 5.12. The highest BCUT2D eigenvalue weighted by molar-refractivity contribution is 6.31. The number of hydrogen-bond donors (Lipinski definition) is 1. The molecular formula is C21H19ClN4O2. The summed E-state index contributed by atoms with van der Waals surface area (Å²) in [5.74, 6) is -0.196. The van der Waals surface area contributed by atoms with Crippen LogP contribution in [0, 0.1) is 0 Å². The monoisotopic (exact) mass is 394 g/mol. The molecule has 0 aliphatic carbocycles. The number of hydrogen-bond acceptors (Lipinski definition) is 3. The van der Waals surface area contributed by atoms with E-state index in [0.717, 1.165) is 17.7 Å². The number of carbonyl (C=O) groups is 2. The van der Waals surface area contributed by atoms with Crippen molar-refractivity contribution in [3.8, 4) is 0 Å². The Morgan fingerprint density at radius 1 is 1.14 bits per heavy atom. The van der Waals surface area contributed by atoms with E-state index in [0.29, 0.717) is 35.8 Å². The first kappa shape index (κ1) is 18.3. The maximum Gasteiger partial charge on any atom is 0.258 e. The van der Waals surface area contributed by atoms with Gasteiger partial charge in [0.25, 0.3) is 5.91 Å². The van der Waals surface area contributed by atoms with Crippen LogP contribution in [0.3, 0.4) is 0 Å². The van der Waals surface area contributed by atoms with Crippen LogP contribution >= 0.6 is 11.6 Å². The predicted octanol–water partition coefficient (Wildman–Crippen LogP) is 3.96. The van der Waals surface area contributed by atoms with E-state index in [1.54, 1.807) is 21.8 Å². The fourth-order valence-electron chi connectivity index (χ4n) is 3.28. The standard InChI is InChI=1S/C21H19ClN4O2/c22-17-7-2-1-6-15(17)13-25-14-16(12-23-25)21(28)24-18-8-3-4-9-19(18)26-11-5-10-20(26)27/h1-4,6-9,12,14H,5,10-11,13H2,(H,24,28). The van der Waals surface area contributed by atoms with Gasteiger partial charge in [0, 0.05) is 24.2 Å². The van der Waals surface area contributed by atoms with Gasteiger partial charge in [0.05, 0.1) is 29.7 Å². The Balaban J connectivity index is 1.50. The third kappa shape index (κ3) is 3.77. The van der Waals surface area contributed by atoms with Crippen LogP contribution in [0.1, 0.15) is 28.8 Å². The summed E-state index contributed by atoms with van der Waals surface area (Å²) >= 11 is 6.19. The number of benzene rings is 2. The van der Waals surface area contributed by atoms with Crippen molar-refractivity contribution in [3.05, 3.63) is 77.1 Å². The zero-order chi connectivity index (χ0) is 19.5. The summed E-state index contributed by atoms with van der Waals surface area (Å²) in [4.78, 5) is 26.5. The van der Waals surface area contributed by atoms with Gasteiger partial charge in [-0.05, 0) is 30.2 Å². The molecule has 6 nitrogen and oxygen atoms in total. The minimum atomic E-state index is -0.274. The van der Waals surface area contributed by atoms with E-state index in [4.69, 9.17) is 11.6 Å². The number of nitrogens with one attached hydrogen (secondary N) is 1. The minimum Gasteiger partial charge on any atom is -0.320 e. The van der Waals surface area contributed by atoms with Gasteiger partial charge in [-0.2, -0.15) is 5.10 Å². The number of aromatic nitrogens is 2. The highest BCUT2D eigenvalue weighted by Crippen LogP contribution is 2.29. The van der Waals surface area contributed by atoms with Gasteiger partial charge in [0.2, 0.25) is 5.91 Å². The molecule has 1 N–H and O–H groups in total. The SMILES string of the molecule is O=C(Nc1ccccc1N1CCCC1=O)c1cnn(Cc2ccccc2Cl)c1. The average Bonchev–Trinajstić information content (AvgIpc) is 3.33. The lowest BCUT2D eigenvalue weighted by Gasteiger charge is -2.19. The highest BCUT2D eigenvalue weighted by atomic mass is 35.5. The molecular weight excluding hydrogens is 376 g/mol. The van der Waals surface area contributed by atoms with Crippen molar-refractivity contribution >= 4 is 34.8 Å². The van der Waals surface area contributed by atoms with Crippen molar-refractivity contribution in [2.75, 3.05) is 16.8 Å². The summed E-state index contributed by atoms with van der Waals surface area (Å²) < 4.78 is 1.67. The predicted molar refractivity (Wildman–Crippen MR) is 109 cm³/mol. The Bertz CT molecular complexity index is 1030. The number of amides is 2. The summed E-state index contributed by atoms with van der Waals surface area (Å²) in [7, 11) is 0. The number of halogens is 1. The third-order valence-corrected chi connectivity index (χ3v) is 5.07. The van der Waals surface area contributed by atoms with Crippen molar-refractivity contribution < 1.29 is 9.59 Å². The molecule has 1 aliphatic rings. The molecule has 1 aromatic heterocycles. The normalized spacial score (nSPS) is 13.8. The number of nitrogens with zero attached hydrogens (tertiary/aromatic N) is 3. The minimum absolute atomic E-state index is 0.0780. The molecule has 1 saturated heterocycles. The van der Waals surface area contributed by atoms with E-state index < -0.39 is 0 Å². The lowest BCUT2D eigenvalue weighted by Crippen LogP contribution is -2.25. The second-order valence-electron chi connectivity index (χ2n) is 6.64. The van der Waals surface area contributed by atoms with E-state index in [9.17, 15) is 9.59 Å². The van der Waals surface area contributed by atoms with Crippen molar-refractivity contribution in [2.24, 2.45) is 0 Å².